The Hall–Kier alpha value is -3.00. The highest BCUT2D eigenvalue weighted by molar-refractivity contribution is 9.10. The number of carbonyl (C=O) groups is 2. The van der Waals surface area contributed by atoms with Gasteiger partial charge in [0.1, 0.15) is 0 Å². The number of esters is 1. The molecule has 8 heteroatoms. The Balaban J connectivity index is 1.85. The van der Waals surface area contributed by atoms with Gasteiger partial charge in [0, 0.05) is 22.7 Å². The number of non-ortho nitro benzene ring substituents is 1. The zero-order chi connectivity index (χ0) is 18.2. The van der Waals surface area contributed by atoms with Crippen molar-refractivity contribution in [2.75, 3.05) is 11.9 Å². The van der Waals surface area contributed by atoms with E-state index in [-0.39, 0.29) is 5.69 Å². The minimum absolute atomic E-state index is 0.109. The number of nitrogens with zero attached hydrogens (tertiary/aromatic N) is 1. The SMILES string of the molecule is O=C(COC(=O)/C=C/c1ccccc1)Nc1ccc([N+](=O)[O-])cc1Br. The van der Waals surface area contributed by atoms with Gasteiger partial charge in [-0.05, 0) is 33.6 Å². The molecule has 0 unspecified atom stereocenters. The Morgan fingerprint density at radius 2 is 1.92 bits per heavy atom. The van der Waals surface area contributed by atoms with Crippen molar-refractivity contribution in [1.29, 1.82) is 0 Å². The van der Waals surface area contributed by atoms with Crippen molar-refractivity contribution in [2.45, 2.75) is 0 Å². The molecule has 7 nitrogen and oxygen atoms in total. The summed E-state index contributed by atoms with van der Waals surface area (Å²) in [6, 6.07) is 13.1. The number of benzene rings is 2. The van der Waals surface area contributed by atoms with Gasteiger partial charge in [-0.1, -0.05) is 30.3 Å². The monoisotopic (exact) mass is 404 g/mol. The Morgan fingerprint density at radius 1 is 1.20 bits per heavy atom. The van der Waals surface area contributed by atoms with Gasteiger partial charge < -0.3 is 10.1 Å². The minimum Gasteiger partial charge on any atom is -0.452 e. The van der Waals surface area contributed by atoms with Gasteiger partial charge in [0.05, 0.1) is 10.6 Å². The van der Waals surface area contributed by atoms with E-state index in [0.29, 0.717) is 10.2 Å². The summed E-state index contributed by atoms with van der Waals surface area (Å²) < 4.78 is 5.19. The van der Waals surface area contributed by atoms with Crippen molar-refractivity contribution < 1.29 is 19.2 Å². The van der Waals surface area contributed by atoms with E-state index in [4.69, 9.17) is 4.74 Å². The van der Waals surface area contributed by atoms with E-state index in [0.717, 1.165) is 5.56 Å². The van der Waals surface area contributed by atoms with Crippen LogP contribution in [0, 0.1) is 10.1 Å². The first-order valence-electron chi connectivity index (χ1n) is 7.09. The lowest BCUT2D eigenvalue weighted by Gasteiger charge is -2.07. The third-order valence-electron chi connectivity index (χ3n) is 2.99. The number of halogens is 1. The number of hydrogen-bond donors (Lipinski definition) is 1. The maximum Gasteiger partial charge on any atom is 0.331 e. The molecule has 0 atom stereocenters. The van der Waals surface area contributed by atoms with E-state index in [9.17, 15) is 19.7 Å². The zero-order valence-corrected chi connectivity index (χ0v) is 14.4. The van der Waals surface area contributed by atoms with Gasteiger partial charge in [0.2, 0.25) is 0 Å². The van der Waals surface area contributed by atoms with Gasteiger partial charge in [-0.3, -0.25) is 14.9 Å². The van der Waals surface area contributed by atoms with Crippen LogP contribution in [-0.2, 0) is 14.3 Å². The van der Waals surface area contributed by atoms with Crippen molar-refractivity contribution in [3.8, 4) is 0 Å². The smallest absolute Gasteiger partial charge is 0.331 e. The predicted octanol–water partition coefficient (Wildman–Crippen LogP) is 3.55. The molecule has 0 aliphatic heterocycles. The van der Waals surface area contributed by atoms with Crippen LogP contribution in [0.25, 0.3) is 6.08 Å². The van der Waals surface area contributed by atoms with E-state index in [1.165, 1.54) is 24.3 Å². The molecule has 0 heterocycles. The quantitative estimate of drug-likeness (QED) is 0.343. The third kappa shape index (κ3) is 5.85. The van der Waals surface area contributed by atoms with Crippen LogP contribution >= 0.6 is 15.9 Å². The van der Waals surface area contributed by atoms with Gasteiger partial charge in [-0.25, -0.2) is 4.79 Å². The summed E-state index contributed by atoms with van der Waals surface area (Å²) in [5.74, 6) is -1.21. The number of nitro benzene ring substituents is 1. The molecule has 2 aromatic carbocycles. The maximum atomic E-state index is 11.8. The van der Waals surface area contributed by atoms with Gasteiger partial charge >= 0.3 is 5.97 Å². The molecule has 0 saturated carbocycles. The lowest BCUT2D eigenvalue weighted by molar-refractivity contribution is -0.384. The van der Waals surface area contributed by atoms with Crippen molar-refractivity contribution in [1.82, 2.24) is 0 Å². The summed E-state index contributed by atoms with van der Waals surface area (Å²) in [5, 5.41) is 13.2. The topological polar surface area (TPSA) is 98.5 Å². The average molecular weight is 405 g/mol. The van der Waals surface area contributed by atoms with Crippen molar-refractivity contribution in [3.05, 3.63) is 74.8 Å². The highest BCUT2D eigenvalue weighted by Crippen LogP contribution is 2.26. The van der Waals surface area contributed by atoms with Crippen molar-refractivity contribution in [2.24, 2.45) is 0 Å². The molecule has 25 heavy (non-hydrogen) atoms. The average Bonchev–Trinajstić information content (AvgIpc) is 2.60. The van der Waals surface area contributed by atoms with Crippen LogP contribution in [0.4, 0.5) is 11.4 Å². The van der Waals surface area contributed by atoms with E-state index >= 15 is 0 Å². The number of amides is 1. The summed E-state index contributed by atoms with van der Waals surface area (Å²) in [4.78, 5) is 33.5. The number of hydrogen-bond acceptors (Lipinski definition) is 5. The second kappa shape index (κ2) is 8.74. The molecule has 0 saturated heterocycles. The first kappa shape index (κ1) is 18.3. The zero-order valence-electron chi connectivity index (χ0n) is 12.8. The summed E-state index contributed by atoms with van der Waals surface area (Å²) in [7, 11) is 0. The Labute approximate surface area is 151 Å². The van der Waals surface area contributed by atoms with Crippen molar-refractivity contribution >= 4 is 45.3 Å². The number of carbonyl (C=O) groups excluding carboxylic acids is 2. The molecule has 0 aliphatic rings. The molecule has 2 rings (SSSR count). The molecule has 0 fully saturated rings. The lowest BCUT2D eigenvalue weighted by Crippen LogP contribution is -2.20. The molecular formula is C17H13BrN2O5. The van der Waals surface area contributed by atoms with E-state index in [2.05, 4.69) is 21.2 Å². The Kier molecular flexibility index (Phi) is 6.41. The third-order valence-corrected chi connectivity index (χ3v) is 3.65. The maximum absolute atomic E-state index is 11.8. The number of ether oxygens (including phenoxy) is 1. The fraction of sp³-hybridized carbons (Fsp3) is 0.0588. The fourth-order valence-electron chi connectivity index (χ4n) is 1.82. The molecule has 0 spiro atoms. The van der Waals surface area contributed by atoms with Gasteiger partial charge in [-0.15, -0.1) is 0 Å². The van der Waals surface area contributed by atoms with E-state index in [1.807, 2.05) is 30.3 Å². The van der Waals surface area contributed by atoms with E-state index in [1.54, 1.807) is 6.08 Å². The normalized spacial score (nSPS) is 10.4. The number of nitro groups is 1. The van der Waals surface area contributed by atoms with E-state index < -0.39 is 23.4 Å². The van der Waals surface area contributed by atoms with Gasteiger partial charge in [0.15, 0.2) is 6.61 Å². The van der Waals surface area contributed by atoms with Crippen LogP contribution < -0.4 is 5.32 Å². The van der Waals surface area contributed by atoms with Crippen LogP contribution in [-0.4, -0.2) is 23.4 Å². The molecule has 1 N–H and O–H groups in total. The Bertz CT molecular complexity index is 821. The molecule has 128 valence electrons. The molecule has 0 aromatic heterocycles. The molecule has 2 aromatic rings. The summed E-state index contributed by atoms with van der Waals surface area (Å²) in [6.45, 7) is -0.471. The van der Waals surface area contributed by atoms with Crippen molar-refractivity contribution in [3.63, 3.8) is 0 Å². The highest BCUT2D eigenvalue weighted by Gasteiger charge is 2.12. The standard InChI is InChI=1S/C17H13BrN2O5/c18-14-10-13(20(23)24)7-8-15(14)19-16(21)11-25-17(22)9-6-12-4-2-1-3-5-12/h1-10H,11H2,(H,19,21)/b9-6+. The van der Waals surface area contributed by atoms with Gasteiger partial charge in [-0.2, -0.15) is 0 Å². The lowest BCUT2D eigenvalue weighted by atomic mass is 10.2. The summed E-state index contributed by atoms with van der Waals surface area (Å²) >= 11 is 3.14. The second-order valence-corrected chi connectivity index (χ2v) is 5.68. The largest absolute Gasteiger partial charge is 0.452 e. The molecule has 1 amide bonds. The minimum atomic E-state index is -0.651. The second-order valence-electron chi connectivity index (χ2n) is 4.82. The number of rotatable bonds is 6. The van der Waals surface area contributed by atoms with Gasteiger partial charge in [0.25, 0.3) is 11.6 Å². The van der Waals surface area contributed by atoms with Crippen LogP contribution in [0.2, 0.25) is 0 Å². The highest BCUT2D eigenvalue weighted by atomic mass is 79.9. The first-order chi connectivity index (χ1) is 12.0. The van der Waals surface area contributed by atoms with Crippen LogP contribution in [0.5, 0.6) is 0 Å². The Morgan fingerprint density at radius 3 is 2.56 bits per heavy atom. The fourth-order valence-corrected chi connectivity index (χ4v) is 2.28. The number of anilines is 1. The first-order valence-corrected chi connectivity index (χ1v) is 7.88. The summed E-state index contributed by atoms with van der Waals surface area (Å²) in [5.41, 5.74) is 1.06. The molecule has 0 bridgehead atoms. The van der Waals surface area contributed by atoms with Crippen LogP contribution in [0.3, 0.4) is 0 Å². The molecule has 0 radical (unpaired) electrons. The van der Waals surface area contributed by atoms with Crippen LogP contribution in [0.15, 0.2) is 59.1 Å². The predicted molar refractivity (Wildman–Crippen MR) is 95.9 cm³/mol. The summed E-state index contributed by atoms with van der Waals surface area (Å²) in [6.07, 6.45) is 2.80. The molecule has 0 aliphatic carbocycles. The number of nitrogens with one attached hydrogen (secondary N) is 1. The molecular weight excluding hydrogens is 392 g/mol. The van der Waals surface area contributed by atoms with Crippen LogP contribution in [0.1, 0.15) is 5.56 Å².